The molecule has 4 rings (SSSR count). The summed E-state index contributed by atoms with van der Waals surface area (Å²) >= 11 is 0. The van der Waals surface area contributed by atoms with Crippen LogP contribution in [0.4, 0.5) is 5.82 Å². The maximum absolute atomic E-state index is 13.2. The van der Waals surface area contributed by atoms with Gasteiger partial charge in [-0.1, -0.05) is 37.6 Å². The zero-order valence-electron chi connectivity index (χ0n) is 18.7. The van der Waals surface area contributed by atoms with Crippen LogP contribution < -0.4 is 10.5 Å². The number of aromatic nitrogens is 4. The minimum absolute atomic E-state index is 0.0903. The summed E-state index contributed by atoms with van der Waals surface area (Å²) in [5, 5.41) is 0. The Labute approximate surface area is 192 Å². The van der Waals surface area contributed by atoms with Crippen LogP contribution in [0.5, 0.6) is 5.88 Å². The van der Waals surface area contributed by atoms with Gasteiger partial charge in [-0.2, -0.15) is 0 Å². The number of hydrogen-bond acceptors (Lipinski definition) is 7. The third kappa shape index (κ3) is 5.03. The van der Waals surface area contributed by atoms with E-state index in [1.165, 1.54) is 5.56 Å². The van der Waals surface area contributed by atoms with Crippen molar-refractivity contribution in [2.75, 3.05) is 12.8 Å². The first-order valence-corrected chi connectivity index (χ1v) is 10.8. The van der Waals surface area contributed by atoms with Crippen molar-refractivity contribution >= 4 is 11.6 Å². The highest BCUT2D eigenvalue weighted by Gasteiger charge is 2.18. The van der Waals surface area contributed by atoms with Crippen molar-refractivity contribution in [3.63, 3.8) is 0 Å². The largest absolute Gasteiger partial charge is 0.481 e. The van der Waals surface area contributed by atoms with Gasteiger partial charge in [0.05, 0.1) is 19.0 Å². The van der Waals surface area contributed by atoms with Gasteiger partial charge < -0.3 is 10.5 Å². The Bertz CT molecular complexity index is 1250. The first kappa shape index (κ1) is 22.1. The van der Waals surface area contributed by atoms with Crippen LogP contribution in [0.25, 0.3) is 22.4 Å². The Morgan fingerprint density at radius 2 is 1.76 bits per heavy atom. The molecule has 2 N–H and O–H groups in total. The summed E-state index contributed by atoms with van der Waals surface area (Å²) in [6, 6.07) is 13.7. The smallest absolute Gasteiger partial charge is 0.212 e. The number of methoxy groups -OCH3 is 1. The molecule has 1 aromatic carbocycles. The van der Waals surface area contributed by atoms with E-state index in [9.17, 15) is 4.79 Å². The third-order valence-electron chi connectivity index (χ3n) is 5.36. The average Bonchev–Trinajstić information content (AvgIpc) is 2.85. The first-order chi connectivity index (χ1) is 16.1. The van der Waals surface area contributed by atoms with Crippen molar-refractivity contribution in [1.29, 1.82) is 0 Å². The number of nitrogens with zero attached hydrogens (tertiary/aromatic N) is 4. The topological polar surface area (TPSA) is 104 Å². The van der Waals surface area contributed by atoms with E-state index < -0.39 is 0 Å². The summed E-state index contributed by atoms with van der Waals surface area (Å²) in [6.45, 7) is 2.15. The number of ketones is 1. The monoisotopic (exact) mass is 439 g/mol. The molecule has 166 valence electrons. The molecule has 3 heterocycles. The van der Waals surface area contributed by atoms with Crippen LogP contribution >= 0.6 is 0 Å². The maximum atomic E-state index is 13.2. The van der Waals surface area contributed by atoms with Crippen molar-refractivity contribution < 1.29 is 9.53 Å². The summed E-state index contributed by atoms with van der Waals surface area (Å²) in [5.41, 5.74) is 11.4. The minimum atomic E-state index is -0.222. The molecule has 7 nitrogen and oxygen atoms in total. The zero-order valence-corrected chi connectivity index (χ0v) is 18.7. The highest BCUT2D eigenvalue weighted by atomic mass is 16.5. The summed E-state index contributed by atoms with van der Waals surface area (Å²) in [7, 11) is 1.57. The highest BCUT2D eigenvalue weighted by molar-refractivity contribution is 6.00. The van der Waals surface area contributed by atoms with Gasteiger partial charge in [0.15, 0.2) is 11.6 Å². The van der Waals surface area contributed by atoms with Crippen LogP contribution in [0, 0.1) is 0 Å². The molecule has 0 atom stereocenters. The second-order valence-corrected chi connectivity index (χ2v) is 7.66. The third-order valence-corrected chi connectivity index (χ3v) is 5.36. The Hall–Kier alpha value is -4.13. The number of benzene rings is 1. The molecular formula is C26H25N5O2. The maximum Gasteiger partial charge on any atom is 0.212 e. The van der Waals surface area contributed by atoms with Crippen LogP contribution in [0.15, 0.2) is 67.3 Å². The molecule has 7 heteroatoms. The Morgan fingerprint density at radius 3 is 2.45 bits per heavy atom. The van der Waals surface area contributed by atoms with Crippen LogP contribution in [-0.4, -0.2) is 32.8 Å². The summed E-state index contributed by atoms with van der Waals surface area (Å²) in [5.74, 6) is 0.413. The number of nitrogens with two attached hydrogens (primary N) is 1. The van der Waals surface area contributed by atoms with E-state index in [0.717, 1.165) is 35.1 Å². The lowest BCUT2D eigenvalue weighted by Crippen LogP contribution is -2.12. The summed E-state index contributed by atoms with van der Waals surface area (Å²) < 4.78 is 5.13. The molecule has 0 radical (unpaired) electrons. The Morgan fingerprint density at radius 1 is 0.970 bits per heavy atom. The molecular weight excluding hydrogens is 414 g/mol. The molecule has 0 aliphatic carbocycles. The van der Waals surface area contributed by atoms with Crippen molar-refractivity contribution in [2.24, 2.45) is 0 Å². The van der Waals surface area contributed by atoms with Gasteiger partial charge in [0.25, 0.3) is 0 Å². The lowest BCUT2D eigenvalue weighted by Gasteiger charge is -2.10. The van der Waals surface area contributed by atoms with E-state index in [0.29, 0.717) is 11.6 Å². The molecule has 0 bridgehead atoms. The number of carbonyl (C=O) groups is 1. The number of rotatable bonds is 8. The van der Waals surface area contributed by atoms with Gasteiger partial charge in [-0.05, 0) is 35.2 Å². The van der Waals surface area contributed by atoms with E-state index in [-0.39, 0.29) is 23.7 Å². The molecule has 33 heavy (non-hydrogen) atoms. The fourth-order valence-corrected chi connectivity index (χ4v) is 3.64. The van der Waals surface area contributed by atoms with Crippen molar-refractivity contribution in [2.45, 2.75) is 26.2 Å². The molecule has 0 aliphatic heterocycles. The molecule has 0 spiro atoms. The molecule has 0 unspecified atom stereocenters. The Kier molecular flexibility index (Phi) is 6.69. The lowest BCUT2D eigenvalue weighted by atomic mass is 9.98. The van der Waals surface area contributed by atoms with E-state index >= 15 is 0 Å². The second-order valence-electron chi connectivity index (χ2n) is 7.66. The molecule has 0 saturated heterocycles. The molecule has 0 amide bonds. The van der Waals surface area contributed by atoms with Crippen molar-refractivity contribution in [3.05, 3.63) is 84.1 Å². The second kappa shape index (κ2) is 9.99. The van der Waals surface area contributed by atoms with Gasteiger partial charge >= 0.3 is 0 Å². The SMILES string of the molecule is CCCc1ccc(-c2cnc(N)c(C(=O)Cc3cnccc3-c3ccc(OC)nc3)n2)cc1. The number of nitrogen functional groups attached to an aromatic ring is 1. The number of pyridine rings is 2. The molecule has 3 aromatic heterocycles. The first-order valence-electron chi connectivity index (χ1n) is 10.8. The lowest BCUT2D eigenvalue weighted by molar-refractivity contribution is 0.0989. The molecule has 0 aliphatic rings. The number of hydrogen-bond donors (Lipinski definition) is 1. The zero-order chi connectivity index (χ0) is 23.2. The van der Waals surface area contributed by atoms with Crippen LogP contribution in [0.1, 0.15) is 35.0 Å². The normalized spacial score (nSPS) is 10.7. The number of anilines is 1. The van der Waals surface area contributed by atoms with Crippen molar-refractivity contribution in [3.8, 4) is 28.3 Å². The standard InChI is InChI=1S/C26H25N5O2/c1-3-4-17-5-7-18(8-6-17)22-16-30-26(27)25(31-22)23(32)13-20-14-28-12-11-21(20)19-9-10-24(33-2)29-15-19/h5-12,14-16H,3-4,13H2,1-2H3,(H2,27,30). The molecule has 4 aromatic rings. The van der Waals surface area contributed by atoms with Crippen molar-refractivity contribution in [1.82, 2.24) is 19.9 Å². The average molecular weight is 440 g/mol. The molecule has 0 saturated carbocycles. The van der Waals surface area contributed by atoms with E-state index in [1.807, 2.05) is 24.3 Å². The fourth-order valence-electron chi connectivity index (χ4n) is 3.64. The van der Waals surface area contributed by atoms with Gasteiger partial charge in [0.1, 0.15) is 5.69 Å². The van der Waals surface area contributed by atoms with Crippen LogP contribution in [-0.2, 0) is 12.8 Å². The fraction of sp³-hybridized carbons (Fsp3) is 0.192. The summed E-state index contributed by atoms with van der Waals surface area (Å²) in [4.78, 5) is 30.4. The predicted octanol–water partition coefficient (Wildman–Crippen LogP) is 4.57. The van der Waals surface area contributed by atoms with Gasteiger partial charge in [0, 0.05) is 42.2 Å². The highest BCUT2D eigenvalue weighted by Crippen LogP contribution is 2.26. The number of aryl methyl sites for hydroxylation is 1. The van der Waals surface area contributed by atoms with Gasteiger partial charge in [-0.15, -0.1) is 0 Å². The number of ether oxygens (including phenoxy) is 1. The van der Waals surface area contributed by atoms with E-state index in [2.05, 4.69) is 39.0 Å². The van der Waals surface area contributed by atoms with Crippen LogP contribution in [0.2, 0.25) is 0 Å². The number of Topliss-reactive ketones (excluding diaryl/α,β-unsaturated/α-hetero) is 1. The van der Waals surface area contributed by atoms with E-state index in [4.69, 9.17) is 10.5 Å². The van der Waals surface area contributed by atoms with Gasteiger partial charge in [-0.3, -0.25) is 9.78 Å². The van der Waals surface area contributed by atoms with Gasteiger partial charge in [0.2, 0.25) is 5.88 Å². The van der Waals surface area contributed by atoms with Crippen LogP contribution in [0.3, 0.4) is 0 Å². The Balaban J connectivity index is 1.61. The predicted molar refractivity (Wildman–Crippen MR) is 128 cm³/mol. The quantitative estimate of drug-likeness (QED) is 0.401. The number of carbonyl (C=O) groups excluding carboxylic acids is 1. The molecule has 0 fully saturated rings. The van der Waals surface area contributed by atoms with E-state index in [1.54, 1.807) is 38.0 Å². The van der Waals surface area contributed by atoms with Gasteiger partial charge in [-0.25, -0.2) is 15.0 Å². The summed E-state index contributed by atoms with van der Waals surface area (Å²) in [6.07, 6.45) is 8.87. The minimum Gasteiger partial charge on any atom is -0.481 e.